The number of halogens is 1. The largest absolute Gasteiger partial charge is 0.149 e. The standard InChI is InChI=1S/C31H35ClS/c32-27-18-8-14-23-29-26(17-9-19-28(29)33-30(23)27)31(20-10-2-1-3-11-20)24-15-6-4-12-21(24)22-13-5-7-16-25(22)31/h1-3,6,10-11,13-16,21,24,26-30H,4-5,7-9,12,17-19H2. The SMILES string of the molecule is ClC1CCC=C2C1SC1CCCC(C3(c4ccccc4)C4=CCCC=C4C4CCC=CC43)C21. The third-order valence-electron chi connectivity index (χ3n) is 9.84. The summed E-state index contributed by atoms with van der Waals surface area (Å²) < 4.78 is 0. The quantitative estimate of drug-likeness (QED) is 0.306. The van der Waals surface area contributed by atoms with Crippen LogP contribution in [0.15, 0.2) is 77.4 Å². The minimum atomic E-state index is 0.119. The Bertz CT molecular complexity index is 1050. The smallest absolute Gasteiger partial charge is 0.0495 e. The number of rotatable bonds is 2. The molecule has 1 saturated heterocycles. The highest BCUT2D eigenvalue weighted by molar-refractivity contribution is 8.01. The number of hydrogen-bond acceptors (Lipinski definition) is 1. The normalized spacial score (nSPS) is 43.5. The topological polar surface area (TPSA) is 0 Å². The first kappa shape index (κ1) is 21.1. The van der Waals surface area contributed by atoms with Gasteiger partial charge >= 0.3 is 0 Å². The van der Waals surface area contributed by atoms with Gasteiger partial charge in [-0.05, 0) is 91.7 Å². The Morgan fingerprint density at radius 3 is 2.67 bits per heavy atom. The van der Waals surface area contributed by atoms with E-state index >= 15 is 0 Å². The molecular formula is C31H35ClS. The van der Waals surface area contributed by atoms with E-state index in [1.54, 1.807) is 22.3 Å². The fraction of sp³-hybridized carbons (Fsp3) is 0.548. The summed E-state index contributed by atoms with van der Waals surface area (Å²) in [5.74, 6) is 2.67. The molecule has 0 nitrogen and oxygen atoms in total. The van der Waals surface area contributed by atoms with Gasteiger partial charge in [-0.1, -0.05) is 72.7 Å². The van der Waals surface area contributed by atoms with Crippen molar-refractivity contribution in [3.05, 3.63) is 83.0 Å². The van der Waals surface area contributed by atoms with Gasteiger partial charge in [0, 0.05) is 21.3 Å². The van der Waals surface area contributed by atoms with Crippen LogP contribution in [0.25, 0.3) is 0 Å². The molecule has 3 fully saturated rings. The predicted octanol–water partition coefficient (Wildman–Crippen LogP) is 8.39. The maximum absolute atomic E-state index is 6.97. The molecule has 33 heavy (non-hydrogen) atoms. The number of allylic oxidation sites excluding steroid dienone is 7. The van der Waals surface area contributed by atoms with Crippen LogP contribution in [0, 0.1) is 23.7 Å². The van der Waals surface area contributed by atoms with Gasteiger partial charge in [-0.15, -0.1) is 23.4 Å². The average molecular weight is 475 g/mol. The molecule has 0 N–H and O–H groups in total. The molecule has 0 aromatic heterocycles. The zero-order valence-electron chi connectivity index (χ0n) is 19.5. The Balaban J connectivity index is 1.46. The molecule has 1 aromatic carbocycles. The number of thioether (sulfide) groups is 1. The molecule has 0 bridgehead atoms. The Kier molecular flexibility index (Phi) is 5.25. The van der Waals surface area contributed by atoms with E-state index in [0.29, 0.717) is 34.3 Å². The van der Waals surface area contributed by atoms with Gasteiger partial charge in [-0.3, -0.25) is 0 Å². The summed E-state index contributed by atoms with van der Waals surface area (Å²) in [7, 11) is 0. The van der Waals surface area contributed by atoms with Gasteiger partial charge in [0.2, 0.25) is 0 Å². The van der Waals surface area contributed by atoms with Crippen molar-refractivity contribution in [1.82, 2.24) is 0 Å². The van der Waals surface area contributed by atoms with Gasteiger partial charge in [0.1, 0.15) is 0 Å². The van der Waals surface area contributed by atoms with Crippen LogP contribution in [0.2, 0.25) is 0 Å². The lowest BCUT2D eigenvalue weighted by molar-refractivity contribution is 0.143. The molecule has 5 aliphatic carbocycles. The van der Waals surface area contributed by atoms with Crippen molar-refractivity contribution in [2.75, 3.05) is 0 Å². The van der Waals surface area contributed by atoms with Crippen LogP contribution in [0.1, 0.15) is 63.4 Å². The molecule has 7 rings (SSSR count). The summed E-state index contributed by atoms with van der Waals surface area (Å²) in [4.78, 5) is 0. The average Bonchev–Trinajstić information content (AvgIpc) is 3.40. The third-order valence-corrected chi connectivity index (χ3v) is 12.2. The summed E-state index contributed by atoms with van der Waals surface area (Å²) >= 11 is 9.22. The van der Waals surface area contributed by atoms with Crippen LogP contribution in [0.4, 0.5) is 0 Å². The zero-order valence-corrected chi connectivity index (χ0v) is 21.0. The van der Waals surface area contributed by atoms with Crippen LogP contribution in [-0.2, 0) is 5.41 Å². The van der Waals surface area contributed by atoms with Gasteiger partial charge in [-0.25, -0.2) is 0 Å². The molecule has 2 saturated carbocycles. The number of hydrogen-bond donors (Lipinski definition) is 0. The first-order chi connectivity index (χ1) is 16.3. The fourth-order valence-electron chi connectivity index (χ4n) is 8.84. The molecule has 172 valence electrons. The van der Waals surface area contributed by atoms with Crippen molar-refractivity contribution in [3.8, 4) is 0 Å². The number of fused-ring (bicyclic) bond motifs is 6. The first-order valence-electron chi connectivity index (χ1n) is 13.4. The summed E-state index contributed by atoms with van der Waals surface area (Å²) in [5.41, 5.74) is 6.88. The molecule has 1 aromatic rings. The van der Waals surface area contributed by atoms with Gasteiger partial charge in [0.15, 0.2) is 0 Å². The van der Waals surface area contributed by atoms with Crippen molar-refractivity contribution in [2.24, 2.45) is 23.7 Å². The van der Waals surface area contributed by atoms with Crippen LogP contribution in [0.3, 0.4) is 0 Å². The van der Waals surface area contributed by atoms with Gasteiger partial charge in [0.25, 0.3) is 0 Å². The molecule has 2 heteroatoms. The minimum Gasteiger partial charge on any atom is -0.149 e. The second kappa shape index (κ2) is 8.20. The zero-order chi connectivity index (χ0) is 22.0. The molecule has 1 aliphatic heterocycles. The molecule has 0 amide bonds. The number of benzene rings is 1. The van der Waals surface area contributed by atoms with Gasteiger partial charge < -0.3 is 0 Å². The van der Waals surface area contributed by atoms with Gasteiger partial charge in [-0.2, -0.15) is 0 Å². The van der Waals surface area contributed by atoms with Crippen LogP contribution in [-0.4, -0.2) is 15.9 Å². The highest BCUT2D eigenvalue weighted by Gasteiger charge is 2.63. The summed E-state index contributed by atoms with van der Waals surface area (Å²) in [6.45, 7) is 0. The molecule has 0 spiro atoms. The van der Waals surface area contributed by atoms with E-state index in [9.17, 15) is 0 Å². The highest BCUT2D eigenvalue weighted by Crippen LogP contribution is 2.68. The second-order valence-corrected chi connectivity index (χ2v) is 13.1. The lowest BCUT2D eigenvalue weighted by Gasteiger charge is -2.51. The Hall–Kier alpha value is -1.18. The minimum absolute atomic E-state index is 0.119. The fourth-order valence-corrected chi connectivity index (χ4v) is 11.2. The second-order valence-electron chi connectivity index (χ2n) is 11.2. The van der Waals surface area contributed by atoms with Crippen LogP contribution >= 0.6 is 23.4 Å². The molecular weight excluding hydrogens is 440 g/mol. The lowest BCUT2D eigenvalue weighted by atomic mass is 9.52. The van der Waals surface area contributed by atoms with E-state index in [-0.39, 0.29) is 5.41 Å². The summed E-state index contributed by atoms with van der Waals surface area (Å²) in [6.07, 6.45) is 24.5. The monoisotopic (exact) mass is 474 g/mol. The summed E-state index contributed by atoms with van der Waals surface area (Å²) in [6, 6.07) is 11.7. The number of alkyl halides is 1. The summed E-state index contributed by atoms with van der Waals surface area (Å²) in [5, 5.41) is 1.63. The van der Waals surface area contributed by atoms with Crippen molar-refractivity contribution >= 4 is 23.4 Å². The van der Waals surface area contributed by atoms with E-state index in [1.165, 1.54) is 51.4 Å². The van der Waals surface area contributed by atoms with E-state index < -0.39 is 0 Å². The molecule has 8 atom stereocenters. The van der Waals surface area contributed by atoms with Crippen molar-refractivity contribution < 1.29 is 0 Å². The molecule has 6 aliphatic rings. The van der Waals surface area contributed by atoms with E-state index in [4.69, 9.17) is 11.6 Å². The molecule has 1 heterocycles. The van der Waals surface area contributed by atoms with Crippen molar-refractivity contribution in [1.29, 1.82) is 0 Å². The molecule has 8 unspecified atom stereocenters. The molecule has 0 radical (unpaired) electrons. The maximum Gasteiger partial charge on any atom is 0.0495 e. The first-order valence-corrected chi connectivity index (χ1v) is 14.8. The Morgan fingerprint density at radius 1 is 0.879 bits per heavy atom. The van der Waals surface area contributed by atoms with E-state index in [0.717, 1.165) is 11.7 Å². The lowest BCUT2D eigenvalue weighted by Crippen LogP contribution is -2.48. The van der Waals surface area contributed by atoms with Gasteiger partial charge in [0.05, 0.1) is 0 Å². The van der Waals surface area contributed by atoms with E-state index in [1.807, 2.05) is 0 Å². The van der Waals surface area contributed by atoms with Crippen molar-refractivity contribution in [2.45, 2.75) is 79.1 Å². The Labute approximate surface area is 208 Å². The highest BCUT2D eigenvalue weighted by atomic mass is 35.5. The van der Waals surface area contributed by atoms with Crippen molar-refractivity contribution in [3.63, 3.8) is 0 Å². The van der Waals surface area contributed by atoms with Crippen LogP contribution < -0.4 is 0 Å². The maximum atomic E-state index is 6.97. The Morgan fingerprint density at radius 2 is 1.76 bits per heavy atom. The third kappa shape index (κ3) is 2.97. The van der Waals surface area contributed by atoms with Crippen LogP contribution in [0.5, 0.6) is 0 Å². The van der Waals surface area contributed by atoms with E-state index in [2.05, 4.69) is 72.5 Å². The predicted molar refractivity (Wildman–Crippen MR) is 142 cm³/mol.